The van der Waals surface area contributed by atoms with Crippen LogP contribution in [0, 0.1) is 29.6 Å². The summed E-state index contributed by atoms with van der Waals surface area (Å²) in [4.78, 5) is 4.11. The Hall–Kier alpha value is -5.19. The minimum absolute atomic E-state index is 0.618. The van der Waals surface area contributed by atoms with Crippen LogP contribution < -0.4 is 0 Å². The van der Waals surface area contributed by atoms with Gasteiger partial charge in [0, 0.05) is 23.2 Å². The summed E-state index contributed by atoms with van der Waals surface area (Å²) in [6, 6.07) is 35.0. The van der Waals surface area contributed by atoms with Gasteiger partial charge in [0.05, 0.1) is 40.0 Å². The van der Waals surface area contributed by atoms with E-state index in [0.29, 0.717) is 11.1 Å². The number of rotatable bonds is 3. The first-order valence-electron chi connectivity index (χ1n) is 11.7. The van der Waals surface area contributed by atoms with Gasteiger partial charge in [-0.15, -0.1) is 0 Å². The van der Waals surface area contributed by atoms with E-state index >= 15 is 0 Å². The van der Waals surface area contributed by atoms with Crippen LogP contribution in [0.5, 0.6) is 0 Å². The minimum Gasteiger partial charge on any atom is -0.309 e. The Bertz CT molecular complexity index is 1870. The zero-order chi connectivity index (χ0) is 24.6. The Morgan fingerprint density at radius 3 is 2.17 bits per heavy atom. The molecule has 0 saturated carbocycles. The van der Waals surface area contributed by atoms with Crippen molar-refractivity contribution < 1.29 is 0 Å². The van der Waals surface area contributed by atoms with Gasteiger partial charge < -0.3 is 4.57 Å². The van der Waals surface area contributed by atoms with Gasteiger partial charge in [0.15, 0.2) is 0 Å². The molecule has 2 aromatic heterocycles. The topological polar surface area (TPSA) is 65.4 Å². The van der Waals surface area contributed by atoms with Gasteiger partial charge in [-0.2, -0.15) is 10.5 Å². The summed E-state index contributed by atoms with van der Waals surface area (Å²) in [5, 5.41) is 21.9. The van der Waals surface area contributed by atoms with Crippen molar-refractivity contribution in [1.29, 1.82) is 10.5 Å². The van der Waals surface area contributed by atoms with E-state index in [1.165, 1.54) is 0 Å². The van der Waals surface area contributed by atoms with E-state index in [9.17, 15) is 10.5 Å². The van der Waals surface area contributed by atoms with Crippen LogP contribution >= 0.6 is 0 Å². The first kappa shape index (κ1) is 21.4. The first-order chi connectivity index (χ1) is 17.7. The average Bonchev–Trinajstić information content (AvgIpc) is 3.27. The third kappa shape index (κ3) is 3.33. The smallest absolute Gasteiger partial charge is 0.0998 e. The summed E-state index contributed by atoms with van der Waals surface area (Å²) in [7, 11) is 0. The number of pyridine rings is 1. The monoisotopic (exact) mass is 460 g/mol. The molecule has 0 aliphatic heterocycles. The molecule has 0 fully saturated rings. The number of para-hydroxylation sites is 1. The van der Waals surface area contributed by atoms with Gasteiger partial charge >= 0.3 is 0 Å². The molecule has 4 aromatic carbocycles. The lowest BCUT2D eigenvalue weighted by molar-refractivity contribution is 1.15. The maximum Gasteiger partial charge on any atom is 0.0998 e. The molecular formula is C32H20N4. The Labute approximate surface area is 208 Å². The summed E-state index contributed by atoms with van der Waals surface area (Å²) < 4.78 is 2.23. The number of aromatic nitrogens is 2. The second-order valence-corrected chi connectivity index (χ2v) is 8.77. The summed E-state index contributed by atoms with van der Waals surface area (Å²) >= 11 is 0. The van der Waals surface area contributed by atoms with Crippen LogP contribution in [0.2, 0.25) is 0 Å². The van der Waals surface area contributed by atoms with Gasteiger partial charge in [-0.1, -0.05) is 42.5 Å². The number of nitrogens with zero attached hydrogens (tertiary/aromatic N) is 4. The van der Waals surface area contributed by atoms with Crippen LogP contribution in [-0.4, -0.2) is 9.55 Å². The second-order valence-electron chi connectivity index (χ2n) is 8.77. The summed E-state index contributed by atoms with van der Waals surface area (Å²) in [5.74, 6) is 0. The zero-order valence-electron chi connectivity index (χ0n) is 19.6. The largest absolute Gasteiger partial charge is 0.309 e. The Kier molecular flexibility index (Phi) is 5.07. The van der Waals surface area contributed by atoms with Crippen LogP contribution in [0.3, 0.4) is 0 Å². The molecule has 0 aliphatic rings. The molecule has 4 heteroatoms. The summed E-state index contributed by atoms with van der Waals surface area (Å²) in [5.41, 5.74) is 9.24. The lowest BCUT2D eigenvalue weighted by Gasteiger charge is -2.15. The predicted octanol–water partition coefficient (Wildman–Crippen LogP) is 7.56. The van der Waals surface area contributed by atoms with E-state index < -0.39 is 0 Å². The highest BCUT2D eigenvalue weighted by Crippen LogP contribution is 2.37. The number of hydrogen-bond acceptors (Lipinski definition) is 3. The molecule has 0 spiro atoms. The van der Waals surface area contributed by atoms with Crippen LogP contribution in [-0.2, 0) is 0 Å². The highest BCUT2D eigenvalue weighted by Gasteiger charge is 2.17. The van der Waals surface area contributed by atoms with Gasteiger partial charge in [-0.05, 0) is 83.3 Å². The number of hydrogen-bond donors (Lipinski definition) is 0. The molecule has 0 bridgehead atoms. The predicted molar refractivity (Wildman–Crippen MR) is 144 cm³/mol. The molecule has 0 amide bonds. The third-order valence-corrected chi connectivity index (χ3v) is 6.72. The van der Waals surface area contributed by atoms with Gasteiger partial charge in [0.25, 0.3) is 0 Å². The lowest BCUT2D eigenvalue weighted by atomic mass is 9.97. The van der Waals surface area contributed by atoms with Gasteiger partial charge in [-0.25, -0.2) is 0 Å². The van der Waals surface area contributed by atoms with E-state index in [2.05, 4.69) is 65.0 Å². The van der Waals surface area contributed by atoms with E-state index in [-0.39, 0.29) is 0 Å². The molecule has 4 nitrogen and oxygen atoms in total. The van der Waals surface area contributed by atoms with Gasteiger partial charge in [0.1, 0.15) is 0 Å². The fourth-order valence-corrected chi connectivity index (χ4v) is 5.03. The van der Waals surface area contributed by atoms with Crippen molar-refractivity contribution in [3.05, 3.63) is 120 Å². The molecule has 0 radical (unpaired) electrons. The number of aryl methyl sites for hydroxylation is 1. The molecule has 6 rings (SSSR count). The maximum absolute atomic E-state index is 10.0. The first-order valence-corrected chi connectivity index (χ1v) is 11.7. The number of benzene rings is 4. The van der Waals surface area contributed by atoms with Crippen LogP contribution in [0.15, 0.2) is 103 Å². The molecule has 0 N–H and O–H groups in total. The van der Waals surface area contributed by atoms with E-state index in [1.807, 2.05) is 54.6 Å². The van der Waals surface area contributed by atoms with Crippen LogP contribution in [0.25, 0.3) is 49.7 Å². The third-order valence-electron chi connectivity index (χ3n) is 6.72. The molecular weight excluding hydrogens is 440 g/mol. The van der Waals surface area contributed by atoms with Crippen LogP contribution in [0.4, 0.5) is 0 Å². The maximum atomic E-state index is 10.0. The van der Waals surface area contributed by atoms with Crippen molar-refractivity contribution in [2.75, 3.05) is 0 Å². The van der Waals surface area contributed by atoms with Crippen molar-refractivity contribution >= 4 is 21.8 Å². The van der Waals surface area contributed by atoms with E-state index in [1.54, 1.807) is 12.4 Å². The highest BCUT2D eigenvalue weighted by molar-refractivity contribution is 6.10. The van der Waals surface area contributed by atoms with Gasteiger partial charge in [0.2, 0.25) is 0 Å². The normalized spacial score (nSPS) is 10.9. The Morgan fingerprint density at radius 1 is 0.639 bits per heavy atom. The lowest BCUT2D eigenvalue weighted by Crippen LogP contribution is -1.99. The highest BCUT2D eigenvalue weighted by atomic mass is 15.0. The molecule has 6 aromatic rings. The molecule has 0 saturated heterocycles. The quantitative estimate of drug-likeness (QED) is 0.274. The average molecular weight is 461 g/mol. The van der Waals surface area contributed by atoms with Crippen molar-refractivity contribution in [2.24, 2.45) is 0 Å². The fraction of sp³-hybridized carbons (Fsp3) is 0.0312. The van der Waals surface area contributed by atoms with Crippen molar-refractivity contribution in [2.45, 2.75) is 6.92 Å². The van der Waals surface area contributed by atoms with Crippen molar-refractivity contribution in [1.82, 2.24) is 9.55 Å². The van der Waals surface area contributed by atoms with Crippen molar-refractivity contribution in [3.8, 4) is 40.1 Å². The van der Waals surface area contributed by atoms with E-state index in [0.717, 1.165) is 55.3 Å². The molecule has 168 valence electrons. The molecule has 2 heterocycles. The summed E-state index contributed by atoms with van der Waals surface area (Å²) in [6.07, 6.45) is 3.49. The number of nitriles is 2. The molecule has 0 atom stereocenters. The molecule has 0 unspecified atom stereocenters. The molecule has 36 heavy (non-hydrogen) atoms. The minimum atomic E-state index is 0.618. The summed E-state index contributed by atoms with van der Waals surface area (Å²) in [6.45, 7) is 2.08. The zero-order valence-corrected chi connectivity index (χ0v) is 19.6. The second kappa shape index (κ2) is 8.55. The van der Waals surface area contributed by atoms with E-state index in [4.69, 9.17) is 0 Å². The fourth-order valence-electron chi connectivity index (χ4n) is 5.03. The van der Waals surface area contributed by atoms with Crippen molar-refractivity contribution in [3.63, 3.8) is 0 Å². The Balaban J connectivity index is 1.63. The standard InChI is InChI=1S/C32H20N4/c1-21-16-28(22-12-14-35-15-13-22)25(20-34)18-32(21)36-30-9-5-4-8-27(30)29-17-23(10-11-31(29)36)26-7-3-2-6-24(26)19-33/h2-18H,1H3. The van der Waals surface area contributed by atoms with Crippen LogP contribution in [0.1, 0.15) is 16.7 Å². The number of fused-ring (bicyclic) bond motifs is 3. The molecule has 0 aliphatic carbocycles. The van der Waals surface area contributed by atoms with Gasteiger partial charge in [-0.3, -0.25) is 4.98 Å². The Morgan fingerprint density at radius 2 is 1.36 bits per heavy atom. The SMILES string of the molecule is Cc1cc(-c2ccncc2)c(C#N)cc1-n1c2ccccc2c2cc(-c3ccccc3C#N)ccc21.